The molecule has 1 aromatic heterocycles. The maximum Gasteiger partial charge on any atom is 0.257 e. The number of nitrogens with one attached hydrogen (secondary N) is 1. The van der Waals surface area contributed by atoms with Crippen molar-refractivity contribution in [1.29, 1.82) is 0 Å². The summed E-state index contributed by atoms with van der Waals surface area (Å²) in [6.45, 7) is 4.46. The Labute approximate surface area is 186 Å². The van der Waals surface area contributed by atoms with Gasteiger partial charge in [0.1, 0.15) is 5.82 Å². The summed E-state index contributed by atoms with van der Waals surface area (Å²) in [4.78, 5) is 30.4. The van der Waals surface area contributed by atoms with Crippen LogP contribution in [0.3, 0.4) is 0 Å². The normalized spacial score (nSPS) is 11.0. The number of hydrogen-bond donors (Lipinski definition) is 1. The first-order valence-corrected chi connectivity index (χ1v) is 10.6. The Morgan fingerprint density at radius 1 is 0.938 bits per heavy atom. The highest BCUT2D eigenvalue weighted by atomic mass is 19.1. The molecule has 3 aromatic carbocycles. The number of amides is 1. The van der Waals surface area contributed by atoms with E-state index in [9.17, 15) is 14.0 Å². The van der Waals surface area contributed by atoms with Crippen molar-refractivity contribution in [2.45, 2.75) is 26.8 Å². The van der Waals surface area contributed by atoms with Crippen LogP contribution in [0.25, 0.3) is 10.9 Å². The molecule has 0 unspecified atom stereocenters. The number of nitrogens with zero attached hydrogens (tertiary/aromatic N) is 1. The molecule has 1 N–H and O–H groups in total. The molecule has 5 heteroatoms. The van der Waals surface area contributed by atoms with Gasteiger partial charge in [0, 0.05) is 17.6 Å². The molecule has 0 spiro atoms. The molecule has 4 aromatic rings. The van der Waals surface area contributed by atoms with E-state index in [1.165, 1.54) is 12.1 Å². The number of hydrogen-bond acceptors (Lipinski definition) is 2. The molecule has 0 atom stereocenters. The predicted molar refractivity (Wildman–Crippen MR) is 125 cm³/mol. The number of carbonyl (C=O) groups excluding carboxylic acids is 1. The molecule has 0 bridgehead atoms. The van der Waals surface area contributed by atoms with Gasteiger partial charge in [-0.1, -0.05) is 53.6 Å². The van der Waals surface area contributed by atoms with E-state index in [-0.39, 0.29) is 17.7 Å². The molecule has 0 fully saturated rings. The summed E-state index contributed by atoms with van der Waals surface area (Å²) in [7, 11) is 0. The summed E-state index contributed by atoms with van der Waals surface area (Å²) in [5, 5.41) is 0.900. The van der Waals surface area contributed by atoms with Gasteiger partial charge in [0.25, 0.3) is 11.5 Å². The van der Waals surface area contributed by atoms with E-state index in [0.717, 1.165) is 27.6 Å². The largest absolute Gasteiger partial charge is 0.334 e. The monoisotopic (exact) mass is 428 g/mol. The van der Waals surface area contributed by atoms with Gasteiger partial charge in [-0.05, 0) is 61.5 Å². The Kier molecular flexibility index (Phi) is 6.17. The summed E-state index contributed by atoms with van der Waals surface area (Å²) in [5.41, 5.74) is 4.27. The van der Waals surface area contributed by atoms with E-state index >= 15 is 0 Å². The molecular formula is C27H25FN2O2. The zero-order chi connectivity index (χ0) is 22.7. The number of aryl methyl sites for hydroxylation is 2. The molecule has 0 saturated carbocycles. The average Bonchev–Trinajstić information content (AvgIpc) is 2.77. The Morgan fingerprint density at radius 3 is 2.50 bits per heavy atom. The van der Waals surface area contributed by atoms with Gasteiger partial charge in [0.15, 0.2) is 0 Å². The van der Waals surface area contributed by atoms with Crippen LogP contribution in [0, 0.1) is 19.7 Å². The van der Waals surface area contributed by atoms with Crippen LogP contribution < -0.4 is 5.56 Å². The molecule has 0 aliphatic rings. The number of aromatic nitrogens is 1. The van der Waals surface area contributed by atoms with Crippen LogP contribution in [0.1, 0.15) is 32.6 Å². The molecule has 162 valence electrons. The van der Waals surface area contributed by atoms with Gasteiger partial charge in [-0.2, -0.15) is 0 Å². The van der Waals surface area contributed by atoms with Crippen molar-refractivity contribution in [2.24, 2.45) is 0 Å². The number of carbonyl (C=O) groups is 1. The second-order valence-electron chi connectivity index (χ2n) is 8.16. The Morgan fingerprint density at radius 2 is 1.72 bits per heavy atom. The van der Waals surface area contributed by atoms with Crippen molar-refractivity contribution in [3.63, 3.8) is 0 Å². The maximum atomic E-state index is 14.4. The molecular weight excluding hydrogens is 403 g/mol. The first kappa shape index (κ1) is 21.5. The van der Waals surface area contributed by atoms with E-state index in [2.05, 4.69) is 11.1 Å². The Hall–Kier alpha value is -3.73. The first-order valence-electron chi connectivity index (χ1n) is 10.6. The molecule has 1 heterocycles. The second kappa shape index (κ2) is 9.18. The third-order valence-corrected chi connectivity index (χ3v) is 5.58. The third kappa shape index (κ3) is 4.78. The maximum absolute atomic E-state index is 14.4. The zero-order valence-corrected chi connectivity index (χ0v) is 18.2. The van der Waals surface area contributed by atoms with Gasteiger partial charge in [0.05, 0.1) is 12.1 Å². The average molecular weight is 429 g/mol. The van der Waals surface area contributed by atoms with Crippen molar-refractivity contribution in [3.05, 3.63) is 117 Å². The number of halogens is 1. The fourth-order valence-corrected chi connectivity index (χ4v) is 3.88. The number of benzene rings is 3. The SMILES string of the molecule is Cc1cccc(CCN(Cc2cc3cc(C)ccc3[nH]c2=O)C(=O)c2ccccc2F)c1. The fourth-order valence-electron chi connectivity index (χ4n) is 3.88. The highest BCUT2D eigenvalue weighted by molar-refractivity contribution is 5.94. The van der Waals surface area contributed by atoms with Crippen LogP contribution in [0.4, 0.5) is 4.39 Å². The summed E-state index contributed by atoms with van der Waals surface area (Å²) in [6, 6.07) is 21.6. The third-order valence-electron chi connectivity index (χ3n) is 5.58. The molecule has 4 nitrogen and oxygen atoms in total. The number of aromatic amines is 1. The highest BCUT2D eigenvalue weighted by Gasteiger charge is 2.20. The van der Waals surface area contributed by atoms with E-state index in [1.807, 2.05) is 56.3 Å². The summed E-state index contributed by atoms with van der Waals surface area (Å²) in [5.74, 6) is -0.999. The lowest BCUT2D eigenvalue weighted by Gasteiger charge is -2.23. The van der Waals surface area contributed by atoms with Crippen LogP contribution in [-0.4, -0.2) is 22.3 Å². The quantitative estimate of drug-likeness (QED) is 0.461. The van der Waals surface area contributed by atoms with Gasteiger partial charge in [-0.25, -0.2) is 4.39 Å². The van der Waals surface area contributed by atoms with Crippen molar-refractivity contribution in [2.75, 3.05) is 6.54 Å². The van der Waals surface area contributed by atoms with Gasteiger partial charge in [0.2, 0.25) is 0 Å². The van der Waals surface area contributed by atoms with Crippen molar-refractivity contribution in [1.82, 2.24) is 9.88 Å². The van der Waals surface area contributed by atoms with Gasteiger partial charge in [-0.15, -0.1) is 0 Å². The van der Waals surface area contributed by atoms with Crippen LogP contribution in [0.5, 0.6) is 0 Å². The van der Waals surface area contributed by atoms with E-state index in [4.69, 9.17) is 0 Å². The molecule has 0 aliphatic heterocycles. The minimum Gasteiger partial charge on any atom is -0.334 e. The molecule has 0 aliphatic carbocycles. The lowest BCUT2D eigenvalue weighted by Crippen LogP contribution is -2.35. The number of pyridine rings is 1. The molecule has 0 radical (unpaired) electrons. The van der Waals surface area contributed by atoms with Crippen LogP contribution in [0.2, 0.25) is 0 Å². The fraction of sp³-hybridized carbons (Fsp3) is 0.185. The van der Waals surface area contributed by atoms with E-state index < -0.39 is 11.7 Å². The van der Waals surface area contributed by atoms with Crippen LogP contribution >= 0.6 is 0 Å². The molecule has 32 heavy (non-hydrogen) atoms. The summed E-state index contributed by atoms with van der Waals surface area (Å²) < 4.78 is 14.4. The van der Waals surface area contributed by atoms with Gasteiger partial charge in [-0.3, -0.25) is 9.59 Å². The topological polar surface area (TPSA) is 53.2 Å². The smallest absolute Gasteiger partial charge is 0.257 e. The van der Waals surface area contributed by atoms with Gasteiger partial charge >= 0.3 is 0 Å². The molecule has 4 rings (SSSR count). The standard InChI is InChI=1S/C27H25FN2O2/c1-18-6-5-7-20(14-18)12-13-30(27(32)23-8-3-4-9-24(23)28)17-22-16-21-15-19(2)10-11-25(21)29-26(22)31/h3-11,14-16H,12-13,17H2,1-2H3,(H,29,31). The summed E-state index contributed by atoms with van der Waals surface area (Å²) in [6.07, 6.45) is 0.604. The van der Waals surface area contributed by atoms with Crippen molar-refractivity contribution < 1.29 is 9.18 Å². The molecule has 1 amide bonds. The number of rotatable bonds is 6. The Bertz CT molecular complexity index is 1340. The van der Waals surface area contributed by atoms with Crippen LogP contribution in [0.15, 0.2) is 77.6 Å². The number of H-pyrrole nitrogens is 1. The first-order chi connectivity index (χ1) is 15.4. The van der Waals surface area contributed by atoms with Gasteiger partial charge < -0.3 is 9.88 Å². The minimum atomic E-state index is -0.568. The Balaban J connectivity index is 1.67. The second-order valence-corrected chi connectivity index (χ2v) is 8.16. The zero-order valence-electron chi connectivity index (χ0n) is 18.2. The summed E-state index contributed by atoms with van der Waals surface area (Å²) >= 11 is 0. The van der Waals surface area contributed by atoms with E-state index in [0.29, 0.717) is 18.5 Å². The minimum absolute atomic E-state index is 0.00445. The lowest BCUT2D eigenvalue weighted by atomic mass is 10.1. The highest BCUT2D eigenvalue weighted by Crippen LogP contribution is 2.17. The van der Waals surface area contributed by atoms with Crippen molar-refractivity contribution >= 4 is 16.8 Å². The molecule has 0 saturated heterocycles. The van der Waals surface area contributed by atoms with Crippen molar-refractivity contribution in [3.8, 4) is 0 Å². The predicted octanol–water partition coefficient (Wildman–Crippen LogP) is 5.17. The van der Waals surface area contributed by atoms with E-state index in [1.54, 1.807) is 17.0 Å². The lowest BCUT2D eigenvalue weighted by molar-refractivity contribution is 0.0740. The number of fused-ring (bicyclic) bond motifs is 1. The van der Waals surface area contributed by atoms with Crippen LogP contribution in [-0.2, 0) is 13.0 Å².